The van der Waals surface area contributed by atoms with Gasteiger partial charge in [-0.1, -0.05) is 30.3 Å². The Kier molecular flexibility index (Phi) is 6.39. The Bertz CT molecular complexity index is 841. The predicted octanol–water partition coefficient (Wildman–Crippen LogP) is 4.33. The van der Waals surface area contributed by atoms with Gasteiger partial charge in [-0.25, -0.2) is 8.78 Å². The van der Waals surface area contributed by atoms with E-state index in [1.54, 1.807) is 0 Å². The Hall–Kier alpha value is -2.76. The van der Waals surface area contributed by atoms with Gasteiger partial charge in [-0.3, -0.25) is 9.59 Å². The topological polar surface area (TPSA) is 58.2 Å². The minimum Gasteiger partial charge on any atom is -0.352 e. The second kappa shape index (κ2) is 8.95. The van der Waals surface area contributed by atoms with E-state index in [2.05, 4.69) is 10.6 Å². The van der Waals surface area contributed by atoms with E-state index >= 15 is 0 Å². The van der Waals surface area contributed by atoms with E-state index in [0.717, 1.165) is 23.3 Å². The summed E-state index contributed by atoms with van der Waals surface area (Å²) in [4.78, 5) is 24.8. The smallest absolute Gasteiger partial charge is 0.227 e. The van der Waals surface area contributed by atoms with Gasteiger partial charge in [-0.15, -0.1) is 0 Å². The molecular weight excluding hydrogens is 362 g/mol. The van der Waals surface area contributed by atoms with Gasteiger partial charge in [-0.05, 0) is 55.9 Å². The van der Waals surface area contributed by atoms with Crippen LogP contribution in [0.25, 0.3) is 0 Å². The number of hydrogen-bond acceptors (Lipinski definition) is 2. The number of amides is 2. The van der Waals surface area contributed by atoms with Crippen molar-refractivity contribution in [1.82, 2.24) is 5.32 Å². The molecule has 0 atom stereocenters. The molecule has 2 N–H and O–H groups in total. The molecule has 0 spiro atoms. The number of carbonyl (C=O) groups is 2. The van der Waals surface area contributed by atoms with E-state index < -0.39 is 23.2 Å². The van der Waals surface area contributed by atoms with Gasteiger partial charge in [0.2, 0.25) is 11.8 Å². The van der Waals surface area contributed by atoms with Crippen LogP contribution in [0, 0.1) is 30.4 Å². The van der Waals surface area contributed by atoms with Crippen LogP contribution in [0.2, 0.25) is 0 Å². The Labute approximate surface area is 163 Å². The highest BCUT2D eigenvalue weighted by Crippen LogP contribution is 2.30. The summed E-state index contributed by atoms with van der Waals surface area (Å²) in [5.41, 5.74) is 1.80. The lowest BCUT2D eigenvalue weighted by atomic mass is 9.81. The third-order valence-electron chi connectivity index (χ3n) is 5.39. The highest BCUT2D eigenvalue weighted by Gasteiger charge is 2.30. The summed E-state index contributed by atoms with van der Waals surface area (Å²) in [6.45, 7) is 2.49. The zero-order valence-electron chi connectivity index (χ0n) is 15.8. The summed E-state index contributed by atoms with van der Waals surface area (Å²) in [5.74, 6) is -2.49. The molecule has 2 amide bonds. The first-order valence-electron chi connectivity index (χ1n) is 9.53. The van der Waals surface area contributed by atoms with Gasteiger partial charge in [0.05, 0.1) is 0 Å². The first-order chi connectivity index (χ1) is 13.5. The van der Waals surface area contributed by atoms with Gasteiger partial charge in [0.25, 0.3) is 0 Å². The Morgan fingerprint density at radius 2 is 1.46 bits per heavy atom. The molecule has 28 heavy (non-hydrogen) atoms. The number of aryl methyl sites for hydroxylation is 1. The van der Waals surface area contributed by atoms with Gasteiger partial charge >= 0.3 is 0 Å². The summed E-state index contributed by atoms with van der Waals surface area (Å²) in [5, 5.41) is 5.33. The van der Waals surface area contributed by atoms with Crippen LogP contribution in [-0.2, 0) is 16.1 Å². The van der Waals surface area contributed by atoms with Crippen molar-refractivity contribution >= 4 is 17.5 Å². The largest absolute Gasteiger partial charge is 0.352 e. The van der Waals surface area contributed by atoms with Crippen molar-refractivity contribution in [2.24, 2.45) is 11.8 Å². The summed E-state index contributed by atoms with van der Waals surface area (Å²) in [7, 11) is 0. The maximum atomic E-state index is 13.7. The Morgan fingerprint density at radius 1 is 0.893 bits per heavy atom. The van der Waals surface area contributed by atoms with Crippen molar-refractivity contribution in [2.45, 2.75) is 39.2 Å². The lowest BCUT2D eigenvalue weighted by Crippen LogP contribution is -2.35. The zero-order valence-corrected chi connectivity index (χ0v) is 15.8. The molecule has 0 aromatic heterocycles. The first-order valence-corrected chi connectivity index (χ1v) is 9.53. The molecule has 2 aromatic rings. The van der Waals surface area contributed by atoms with Gasteiger partial charge in [0.1, 0.15) is 17.3 Å². The molecule has 0 radical (unpaired) electrons. The third-order valence-corrected chi connectivity index (χ3v) is 5.39. The molecule has 0 bridgehead atoms. The molecule has 0 aliphatic heterocycles. The van der Waals surface area contributed by atoms with Crippen LogP contribution in [0.15, 0.2) is 42.5 Å². The van der Waals surface area contributed by atoms with Crippen molar-refractivity contribution in [3.8, 4) is 0 Å². The minimum atomic E-state index is -0.794. The average Bonchev–Trinajstić information content (AvgIpc) is 2.70. The lowest BCUT2D eigenvalue weighted by molar-refractivity contribution is -0.128. The molecule has 3 rings (SSSR count). The van der Waals surface area contributed by atoms with Crippen molar-refractivity contribution in [1.29, 1.82) is 0 Å². The molecule has 6 heteroatoms. The van der Waals surface area contributed by atoms with E-state index in [-0.39, 0.29) is 17.7 Å². The molecule has 148 valence electrons. The SMILES string of the molecule is Cc1ccccc1CNC(=O)C1CCC(C(=O)Nc2c(F)cccc2F)CC1. The van der Waals surface area contributed by atoms with Crippen LogP contribution in [0.4, 0.5) is 14.5 Å². The summed E-state index contributed by atoms with van der Waals surface area (Å²) in [6, 6.07) is 11.4. The van der Waals surface area contributed by atoms with E-state index in [4.69, 9.17) is 0 Å². The number of nitrogens with one attached hydrogen (secondary N) is 2. The minimum absolute atomic E-state index is 0.0118. The van der Waals surface area contributed by atoms with Gasteiger partial charge < -0.3 is 10.6 Å². The fraction of sp³-hybridized carbons (Fsp3) is 0.364. The van der Waals surface area contributed by atoms with Gasteiger partial charge in [0, 0.05) is 18.4 Å². The van der Waals surface area contributed by atoms with Crippen molar-refractivity contribution in [3.05, 3.63) is 65.2 Å². The average molecular weight is 386 g/mol. The second-order valence-electron chi connectivity index (χ2n) is 7.28. The highest BCUT2D eigenvalue weighted by atomic mass is 19.1. The highest BCUT2D eigenvalue weighted by molar-refractivity contribution is 5.93. The number of hydrogen-bond donors (Lipinski definition) is 2. The van der Waals surface area contributed by atoms with Crippen LogP contribution < -0.4 is 10.6 Å². The number of anilines is 1. The number of benzene rings is 2. The normalized spacial score (nSPS) is 19.1. The molecule has 4 nitrogen and oxygen atoms in total. The van der Waals surface area contributed by atoms with Crippen LogP contribution in [0.3, 0.4) is 0 Å². The molecule has 0 heterocycles. The molecule has 2 aromatic carbocycles. The fourth-order valence-corrected chi connectivity index (χ4v) is 3.60. The summed E-state index contributed by atoms with van der Waals surface area (Å²) < 4.78 is 27.4. The van der Waals surface area contributed by atoms with E-state index in [0.29, 0.717) is 32.2 Å². The van der Waals surface area contributed by atoms with E-state index in [1.807, 2.05) is 31.2 Å². The van der Waals surface area contributed by atoms with Crippen LogP contribution in [-0.4, -0.2) is 11.8 Å². The molecular formula is C22H24F2N2O2. The lowest BCUT2D eigenvalue weighted by Gasteiger charge is -2.27. The summed E-state index contributed by atoms with van der Waals surface area (Å²) in [6.07, 6.45) is 2.20. The van der Waals surface area contributed by atoms with Crippen molar-refractivity contribution < 1.29 is 18.4 Å². The maximum absolute atomic E-state index is 13.7. The quantitative estimate of drug-likeness (QED) is 0.803. The summed E-state index contributed by atoms with van der Waals surface area (Å²) >= 11 is 0. The number of rotatable bonds is 5. The molecule has 1 aliphatic rings. The molecule has 0 unspecified atom stereocenters. The molecule has 1 saturated carbocycles. The van der Waals surface area contributed by atoms with Crippen LogP contribution in [0.5, 0.6) is 0 Å². The maximum Gasteiger partial charge on any atom is 0.227 e. The van der Waals surface area contributed by atoms with Gasteiger partial charge in [0.15, 0.2) is 0 Å². The van der Waals surface area contributed by atoms with Gasteiger partial charge in [-0.2, -0.15) is 0 Å². The fourth-order valence-electron chi connectivity index (χ4n) is 3.60. The molecule has 1 aliphatic carbocycles. The second-order valence-corrected chi connectivity index (χ2v) is 7.28. The zero-order chi connectivity index (χ0) is 20.1. The molecule has 1 fully saturated rings. The third kappa shape index (κ3) is 4.74. The first kappa shape index (κ1) is 20.0. The number of halogens is 2. The van der Waals surface area contributed by atoms with E-state index in [9.17, 15) is 18.4 Å². The van der Waals surface area contributed by atoms with Crippen molar-refractivity contribution in [3.63, 3.8) is 0 Å². The predicted molar refractivity (Wildman–Crippen MR) is 103 cm³/mol. The van der Waals surface area contributed by atoms with Crippen LogP contribution in [0.1, 0.15) is 36.8 Å². The standard InChI is InChI=1S/C22H24F2N2O2/c1-14-5-2-3-6-17(14)13-25-21(27)15-9-11-16(12-10-15)22(28)26-20-18(23)7-4-8-19(20)24/h2-8,15-16H,9-13H2,1H3,(H,25,27)(H,26,28). The number of carbonyl (C=O) groups excluding carboxylic acids is 2. The van der Waals surface area contributed by atoms with Crippen LogP contribution >= 0.6 is 0 Å². The van der Waals surface area contributed by atoms with Crippen molar-refractivity contribution in [2.75, 3.05) is 5.32 Å². The molecule has 0 saturated heterocycles. The van der Waals surface area contributed by atoms with E-state index in [1.165, 1.54) is 6.07 Å². The Morgan fingerprint density at radius 3 is 2.07 bits per heavy atom. The Balaban J connectivity index is 1.49. The monoisotopic (exact) mass is 386 g/mol. The number of para-hydroxylation sites is 1.